The van der Waals surface area contributed by atoms with Crippen molar-refractivity contribution in [2.75, 3.05) is 26.3 Å². The molecule has 0 saturated carbocycles. The molecule has 98 valence electrons. The molecule has 0 radical (unpaired) electrons. The van der Waals surface area contributed by atoms with Gasteiger partial charge in [-0.25, -0.2) is 0 Å². The molecule has 0 spiro atoms. The van der Waals surface area contributed by atoms with Crippen molar-refractivity contribution in [2.45, 2.75) is 6.54 Å². The van der Waals surface area contributed by atoms with Crippen molar-refractivity contribution in [3.05, 3.63) is 23.4 Å². The molecule has 0 atom stereocenters. The largest absolute Gasteiger partial charge is 0.395 e. The van der Waals surface area contributed by atoms with E-state index in [0.29, 0.717) is 31.3 Å². The van der Waals surface area contributed by atoms with Crippen molar-refractivity contribution in [1.82, 2.24) is 15.0 Å². The molecule has 0 amide bonds. The lowest BCUT2D eigenvalue weighted by atomic mass is 10.4. The van der Waals surface area contributed by atoms with Crippen LogP contribution >= 0.6 is 11.3 Å². The van der Waals surface area contributed by atoms with Crippen molar-refractivity contribution in [2.24, 2.45) is 0 Å². The Bertz CT molecular complexity index is 452. The first-order valence-corrected chi connectivity index (χ1v) is 6.52. The van der Waals surface area contributed by atoms with Crippen LogP contribution in [-0.2, 0) is 6.54 Å². The molecule has 2 rings (SSSR count). The van der Waals surface area contributed by atoms with Crippen LogP contribution < -0.4 is 0 Å². The molecule has 0 aliphatic rings. The van der Waals surface area contributed by atoms with E-state index in [0.717, 1.165) is 4.88 Å². The Hall–Kier alpha value is -1.28. The molecule has 2 heterocycles. The summed E-state index contributed by atoms with van der Waals surface area (Å²) in [6, 6.07) is 3.86. The van der Waals surface area contributed by atoms with Crippen LogP contribution in [0.5, 0.6) is 0 Å². The smallest absolute Gasteiger partial charge is 0.241 e. The van der Waals surface area contributed by atoms with Crippen molar-refractivity contribution < 1.29 is 14.7 Å². The monoisotopic (exact) mass is 269 g/mol. The minimum absolute atomic E-state index is 0.0336. The first kappa shape index (κ1) is 13.2. The number of rotatable bonds is 7. The summed E-state index contributed by atoms with van der Waals surface area (Å²) in [6.45, 7) is 1.44. The average molecular weight is 269 g/mol. The van der Waals surface area contributed by atoms with Gasteiger partial charge in [0.15, 0.2) is 0 Å². The highest BCUT2D eigenvalue weighted by Gasteiger charge is 2.12. The minimum atomic E-state index is 0.0336. The van der Waals surface area contributed by atoms with Crippen LogP contribution in [0.25, 0.3) is 10.7 Å². The fourth-order valence-electron chi connectivity index (χ4n) is 1.57. The molecule has 6 nitrogen and oxygen atoms in total. The molecule has 0 saturated heterocycles. The Kier molecular flexibility index (Phi) is 4.82. The summed E-state index contributed by atoms with van der Waals surface area (Å²) in [4.78, 5) is 7.10. The Morgan fingerprint density at radius 3 is 2.67 bits per heavy atom. The van der Waals surface area contributed by atoms with Gasteiger partial charge in [0.25, 0.3) is 0 Å². The van der Waals surface area contributed by atoms with Crippen molar-refractivity contribution in [3.63, 3.8) is 0 Å². The lowest BCUT2D eigenvalue weighted by Gasteiger charge is -2.17. The summed E-state index contributed by atoms with van der Waals surface area (Å²) in [6.07, 6.45) is 0. The molecule has 2 N–H and O–H groups in total. The molecular weight excluding hydrogens is 254 g/mol. The maximum Gasteiger partial charge on any atom is 0.241 e. The van der Waals surface area contributed by atoms with E-state index < -0.39 is 0 Å². The second-order valence-electron chi connectivity index (χ2n) is 3.71. The number of hydrogen-bond donors (Lipinski definition) is 2. The summed E-state index contributed by atoms with van der Waals surface area (Å²) >= 11 is 1.55. The van der Waals surface area contributed by atoms with Gasteiger partial charge in [0, 0.05) is 13.1 Å². The zero-order chi connectivity index (χ0) is 12.8. The van der Waals surface area contributed by atoms with Crippen molar-refractivity contribution in [1.29, 1.82) is 0 Å². The van der Waals surface area contributed by atoms with Gasteiger partial charge in [-0.15, -0.1) is 11.3 Å². The lowest BCUT2D eigenvalue weighted by molar-refractivity contribution is 0.143. The normalized spacial score (nSPS) is 11.3. The molecular formula is C11H15N3O3S. The zero-order valence-electron chi connectivity index (χ0n) is 9.82. The summed E-state index contributed by atoms with van der Waals surface area (Å²) in [5.41, 5.74) is 0. The van der Waals surface area contributed by atoms with Crippen molar-refractivity contribution >= 4 is 11.3 Å². The Morgan fingerprint density at radius 2 is 2.06 bits per heavy atom. The van der Waals surface area contributed by atoms with Crippen LogP contribution in [0.15, 0.2) is 22.0 Å². The number of aliphatic hydroxyl groups excluding tert-OH is 2. The molecule has 0 unspecified atom stereocenters. The van der Waals surface area contributed by atoms with Crippen LogP contribution in [0.4, 0.5) is 0 Å². The molecule has 0 aliphatic heterocycles. The summed E-state index contributed by atoms with van der Waals surface area (Å²) in [5.74, 6) is 1.06. The lowest BCUT2D eigenvalue weighted by Crippen LogP contribution is -2.29. The summed E-state index contributed by atoms with van der Waals surface area (Å²) in [7, 11) is 0. The first-order chi connectivity index (χ1) is 8.83. The second-order valence-corrected chi connectivity index (χ2v) is 4.66. The molecule has 0 aliphatic carbocycles. The minimum Gasteiger partial charge on any atom is -0.395 e. The van der Waals surface area contributed by atoms with Crippen LogP contribution in [0, 0.1) is 0 Å². The van der Waals surface area contributed by atoms with Crippen LogP contribution in [0.3, 0.4) is 0 Å². The van der Waals surface area contributed by atoms with E-state index in [-0.39, 0.29) is 13.2 Å². The standard InChI is InChI=1S/C11H15N3O3S/c15-5-3-14(4-6-16)8-10-12-11(13-17-10)9-2-1-7-18-9/h1-2,7,15-16H,3-6,8H2. The third kappa shape index (κ3) is 3.36. The van der Waals surface area contributed by atoms with Crippen molar-refractivity contribution in [3.8, 4) is 10.7 Å². The van der Waals surface area contributed by atoms with E-state index >= 15 is 0 Å². The average Bonchev–Trinajstić information content (AvgIpc) is 2.98. The second kappa shape index (κ2) is 6.60. The Morgan fingerprint density at radius 1 is 1.28 bits per heavy atom. The molecule has 7 heteroatoms. The van der Waals surface area contributed by atoms with E-state index in [2.05, 4.69) is 10.1 Å². The van der Waals surface area contributed by atoms with Crippen LogP contribution in [0.2, 0.25) is 0 Å². The van der Waals surface area contributed by atoms with E-state index in [4.69, 9.17) is 14.7 Å². The third-order valence-corrected chi connectivity index (χ3v) is 3.27. The molecule has 2 aromatic rings. The molecule has 0 fully saturated rings. The number of hydrogen-bond acceptors (Lipinski definition) is 7. The number of aromatic nitrogens is 2. The van der Waals surface area contributed by atoms with Gasteiger partial charge in [0.2, 0.25) is 11.7 Å². The summed E-state index contributed by atoms with van der Waals surface area (Å²) in [5, 5.41) is 23.7. The molecule has 0 bridgehead atoms. The highest BCUT2D eigenvalue weighted by Crippen LogP contribution is 2.21. The fourth-order valence-corrected chi connectivity index (χ4v) is 2.22. The number of thiophene rings is 1. The fraction of sp³-hybridized carbons (Fsp3) is 0.455. The maximum atomic E-state index is 8.91. The Balaban J connectivity index is 2.01. The quantitative estimate of drug-likeness (QED) is 0.765. The molecule has 0 aromatic carbocycles. The van der Waals surface area contributed by atoms with Gasteiger partial charge in [0.1, 0.15) is 0 Å². The SMILES string of the molecule is OCCN(CCO)Cc1nc(-c2cccs2)no1. The van der Waals surface area contributed by atoms with E-state index in [1.807, 2.05) is 22.4 Å². The summed E-state index contributed by atoms with van der Waals surface area (Å²) < 4.78 is 5.15. The number of aliphatic hydroxyl groups is 2. The first-order valence-electron chi connectivity index (χ1n) is 5.64. The van der Waals surface area contributed by atoms with Gasteiger partial charge in [-0.05, 0) is 11.4 Å². The van der Waals surface area contributed by atoms with E-state index in [9.17, 15) is 0 Å². The molecule has 2 aromatic heterocycles. The van der Waals surface area contributed by atoms with Gasteiger partial charge in [0.05, 0.1) is 24.6 Å². The van der Waals surface area contributed by atoms with Crippen LogP contribution in [-0.4, -0.2) is 51.6 Å². The van der Waals surface area contributed by atoms with Gasteiger partial charge in [-0.1, -0.05) is 11.2 Å². The Labute approximate surface area is 108 Å². The zero-order valence-corrected chi connectivity index (χ0v) is 10.6. The third-order valence-electron chi connectivity index (χ3n) is 2.40. The van der Waals surface area contributed by atoms with Gasteiger partial charge < -0.3 is 14.7 Å². The number of nitrogens with zero attached hydrogens (tertiary/aromatic N) is 3. The van der Waals surface area contributed by atoms with E-state index in [1.165, 1.54) is 0 Å². The highest BCUT2D eigenvalue weighted by atomic mass is 32.1. The highest BCUT2D eigenvalue weighted by molar-refractivity contribution is 7.13. The van der Waals surface area contributed by atoms with Gasteiger partial charge >= 0.3 is 0 Å². The maximum absolute atomic E-state index is 8.91. The molecule has 18 heavy (non-hydrogen) atoms. The predicted octanol–water partition coefficient (Wildman–Crippen LogP) is 0.585. The van der Waals surface area contributed by atoms with E-state index in [1.54, 1.807) is 11.3 Å². The predicted molar refractivity (Wildman–Crippen MR) is 67.1 cm³/mol. The van der Waals surface area contributed by atoms with Gasteiger partial charge in [-0.3, -0.25) is 4.90 Å². The van der Waals surface area contributed by atoms with Gasteiger partial charge in [-0.2, -0.15) is 4.98 Å². The van der Waals surface area contributed by atoms with Crippen LogP contribution in [0.1, 0.15) is 5.89 Å². The topological polar surface area (TPSA) is 82.6 Å².